The highest BCUT2D eigenvalue weighted by Gasteiger charge is 2.27. The molecule has 3 rings (SSSR count). The van der Waals surface area contributed by atoms with Gasteiger partial charge in [-0.3, -0.25) is 4.79 Å². The Kier molecular flexibility index (Phi) is 5.21. The van der Waals surface area contributed by atoms with Crippen LogP contribution >= 0.6 is 11.8 Å². The third kappa shape index (κ3) is 3.97. The lowest BCUT2D eigenvalue weighted by molar-refractivity contribution is -0.120. The van der Waals surface area contributed by atoms with Gasteiger partial charge in [0.1, 0.15) is 5.82 Å². The molecule has 24 heavy (non-hydrogen) atoms. The predicted molar refractivity (Wildman–Crippen MR) is 95.4 cm³/mol. The zero-order valence-corrected chi connectivity index (χ0v) is 14.7. The monoisotopic (exact) mass is 344 g/mol. The van der Waals surface area contributed by atoms with Gasteiger partial charge in [0.15, 0.2) is 0 Å². The van der Waals surface area contributed by atoms with Crippen LogP contribution in [0.5, 0.6) is 0 Å². The van der Waals surface area contributed by atoms with E-state index in [1.54, 1.807) is 17.8 Å². The Hall–Kier alpha value is -1.85. The van der Waals surface area contributed by atoms with Crippen LogP contribution in [0.15, 0.2) is 47.4 Å². The van der Waals surface area contributed by atoms with Gasteiger partial charge < -0.3 is 10.2 Å². The molecule has 0 aliphatic carbocycles. The summed E-state index contributed by atoms with van der Waals surface area (Å²) in [5, 5.41) is 2.90. The molecular weight excluding hydrogens is 323 g/mol. The van der Waals surface area contributed by atoms with Gasteiger partial charge in [-0.25, -0.2) is 4.39 Å². The van der Waals surface area contributed by atoms with Gasteiger partial charge in [-0.1, -0.05) is 24.3 Å². The van der Waals surface area contributed by atoms with Crippen molar-refractivity contribution in [1.82, 2.24) is 10.2 Å². The first-order chi connectivity index (χ1) is 11.5. The molecule has 2 aromatic carbocycles. The van der Waals surface area contributed by atoms with E-state index < -0.39 is 0 Å². The number of fused-ring (bicyclic) bond motifs is 1. The van der Waals surface area contributed by atoms with Gasteiger partial charge in [0, 0.05) is 23.5 Å². The molecule has 0 radical (unpaired) electrons. The molecule has 5 heteroatoms. The summed E-state index contributed by atoms with van der Waals surface area (Å²) in [6.45, 7) is 0.967. The topological polar surface area (TPSA) is 32.3 Å². The standard InChI is InChI=1S/C19H21FN2OS/c1-22(2)12-15-9-13(7-8-16(15)20)11-21-19(23)18-10-14-5-3-4-6-17(14)24-18/h3-9,18H,10-12H2,1-2H3,(H,21,23). The van der Waals surface area contributed by atoms with Gasteiger partial charge in [0.2, 0.25) is 5.91 Å². The van der Waals surface area contributed by atoms with Crippen molar-refractivity contribution < 1.29 is 9.18 Å². The predicted octanol–water partition coefficient (Wildman–Crippen LogP) is 3.22. The van der Waals surface area contributed by atoms with Crippen molar-refractivity contribution in [1.29, 1.82) is 0 Å². The number of thioether (sulfide) groups is 1. The largest absolute Gasteiger partial charge is 0.351 e. The van der Waals surface area contributed by atoms with Crippen molar-refractivity contribution >= 4 is 17.7 Å². The first kappa shape index (κ1) is 17.0. The summed E-state index contributed by atoms with van der Waals surface area (Å²) in [6.07, 6.45) is 0.766. The van der Waals surface area contributed by atoms with E-state index in [1.807, 2.05) is 37.2 Å². The zero-order valence-electron chi connectivity index (χ0n) is 13.9. The van der Waals surface area contributed by atoms with Crippen LogP contribution in [0.25, 0.3) is 0 Å². The summed E-state index contributed by atoms with van der Waals surface area (Å²) in [7, 11) is 3.81. The van der Waals surface area contributed by atoms with Gasteiger partial charge in [-0.05, 0) is 49.8 Å². The second kappa shape index (κ2) is 7.36. The summed E-state index contributed by atoms with van der Waals surface area (Å²) >= 11 is 1.61. The average molecular weight is 344 g/mol. The lowest BCUT2D eigenvalue weighted by Gasteiger charge is -2.13. The molecule has 126 valence electrons. The molecule has 2 aromatic rings. The minimum absolute atomic E-state index is 0.0367. The van der Waals surface area contributed by atoms with E-state index in [0.29, 0.717) is 18.7 Å². The first-order valence-electron chi connectivity index (χ1n) is 7.97. The average Bonchev–Trinajstić information content (AvgIpc) is 2.99. The van der Waals surface area contributed by atoms with Gasteiger partial charge in [-0.15, -0.1) is 11.8 Å². The minimum atomic E-state index is -0.208. The van der Waals surface area contributed by atoms with Crippen LogP contribution in [0.1, 0.15) is 16.7 Å². The lowest BCUT2D eigenvalue weighted by atomic mass is 10.1. The second-order valence-corrected chi connectivity index (χ2v) is 7.54. The van der Waals surface area contributed by atoms with Crippen molar-refractivity contribution in [3.63, 3.8) is 0 Å². The Bertz CT molecular complexity index is 723. The highest BCUT2D eigenvalue weighted by atomic mass is 32.2. The van der Waals surface area contributed by atoms with Crippen LogP contribution in [-0.2, 0) is 24.3 Å². The molecular formula is C19H21FN2OS. The first-order valence-corrected chi connectivity index (χ1v) is 8.85. The third-order valence-electron chi connectivity index (χ3n) is 4.00. The molecule has 0 bridgehead atoms. The lowest BCUT2D eigenvalue weighted by Crippen LogP contribution is -2.32. The summed E-state index contributed by atoms with van der Waals surface area (Å²) in [6, 6.07) is 13.2. The number of nitrogens with one attached hydrogen (secondary N) is 1. The van der Waals surface area contributed by atoms with E-state index in [2.05, 4.69) is 17.4 Å². The Morgan fingerprint density at radius 1 is 1.29 bits per heavy atom. The molecule has 0 saturated carbocycles. The van der Waals surface area contributed by atoms with E-state index in [4.69, 9.17) is 0 Å². The fourth-order valence-electron chi connectivity index (χ4n) is 2.83. The maximum Gasteiger partial charge on any atom is 0.234 e. The molecule has 1 heterocycles. The number of carbonyl (C=O) groups is 1. The van der Waals surface area contributed by atoms with Gasteiger partial charge >= 0.3 is 0 Å². The quantitative estimate of drug-likeness (QED) is 0.904. The number of nitrogens with zero attached hydrogens (tertiary/aromatic N) is 1. The van der Waals surface area contributed by atoms with Gasteiger partial charge in [0.05, 0.1) is 5.25 Å². The number of amides is 1. The van der Waals surface area contributed by atoms with E-state index >= 15 is 0 Å². The molecule has 0 aromatic heterocycles. The number of hydrogen-bond acceptors (Lipinski definition) is 3. The van der Waals surface area contributed by atoms with Gasteiger partial charge in [-0.2, -0.15) is 0 Å². The molecule has 1 amide bonds. The molecule has 1 unspecified atom stereocenters. The molecule has 0 fully saturated rings. The van der Waals surface area contributed by atoms with Crippen LogP contribution in [0.2, 0.25) is 0 Å². The number of carbonyl (C=O) groups excluding carboxylic acids is 1. The van der Waals surface area contributed by atoms with Gasteiger partial charge in [0.25, 0.3) is 0 Å². The Morgan fingerprint density at radius 2 is 2.08 bits per heavy atom. The Balaban J connectivity index is 1.59. The van der Waals surface area contributed by atoms with Crippen molar-refractivity contribution in [3.8, 4) is 0 Å². The number of benzene rings is 2. The summed E-state index contributed by atoms with van der Waals surface area (Å²) in [5.41, 5.74) is 2.80. The minimum Gasteiger partial charge on any atom is -0.351 e. The third-order valence-corrected chi connectivity index (χ3v) is 5.32. The highest BCUT2D eigenvalue weighted by Crippen LogP contribution is 2.36. The number of rotatable bonds is 5. The molecule has 0 spiro atoms. The maximum absolute atomic E-state index is 13.8. The maximum atomic E-state index is 13.8. The highest BCUT2D eigenvalue weighted by molar-refractivity contribution is 8.01. The van der Waals surface area contributed by atoms with Crippen LogP contribution in [0.4, 0.5) is 4.39 Å². The van der Waals surface area contributed by atoms with Crippen molar-refractivity contribution in [2.24, 2.45) is 0 Å². The van der Waals surface area contributed by atoms with E-state index in [-0.39, 0.29) is 17.0 Å². The summed E-state index contributed by atoms with van der Waals surface area (Å²) in [4.78, 5) is 15.5. The molecule has 1 N–H and O–H groups in total. The van der Waals surface area contributed by atoms with Crippen molar-refractivity contribution in [2.45, 2.75) is 29.7 Å². The van der Waals surface area contributed by atoms with Crippen molar-refractivity contribution in [3.05, 3.63) is 65.0 Å². The molecule has 3 nitrogen and oxygen atoms in total. The van der Waals surface area contributed by atoms with Crippen LogP contribution in [0, 0.1) is 5.82 Å². The fourth-order valence-corrected chi connectivity index (χ4v) is 4.05. The SMILES string of the molecule is CN(C)Cc1cc(CNC(=O)C2Cc3ccccc3S2)ccc1F. The fraction of sp³-hybridized carbons (Fsp3) is 0.316. The van der Waals surface area contributed by atoms with E-state index in [9.17, 15) is 9.18 Å². The Morgan fingerprint density at radius 3 is 2.83 bits per heavy atom. The second-order valence-electron chi connectivity index (χ2n) is 6.30. The van der Waals surface area contributed by atoms with E-state index in [0.717, 1.165) is 12.0 Å². The van der Waals surface area contributed by atoms with E-state index in [1.165, 1.54) is 16.5 Å². The van der Waals surface area contributed by atoms with Crippen LogP contribution < -0.4 is 5.32 Å². The molecule has 1 aliphatic rings. The number of hydrogen-bond donors (Lipinski definition) is 1. The smallest absolute Gasteiger partial charge is 0.234 e. The zero-order chi connectivity index (χ0) is 17.1. The van der Waals surface area contributed by atoms with Crippen molar-refractivity contribution in [2.75, 3.05) is 14.1 Å². The normalized spacial score (nSPS) is 16.2. The van der Waals surface area contributed by atoms with Crippen LogP contribution in [0.3, 0.4) is 0 Å². The summed E-state index contributed by atoms with van der Waals surface area (Å²) in [5.74, 6) is -0.171. The summed E-state index contributed by atoms with van der Waals surface area (Å²) < 4.78 is 13.8. The number of halogens is 1. The van der Waals surface area contributed by atoms with Crippen LogP contribution in [-0.4, -0.2) is 30.2 Å². The molecule has 1 atom stereocenters. The molecule has 0 saturated heterocycles. The molecule has 1 aliphatic heterocycles. The Labute approximate surface area is 146 Å².